The van der Waals surface area contributed by atoms with Gasteiger partial charge in [-0.3, -0.25) is 14.7 Å². The first-order chi connectivity index (χ1) is 14.5. The van der Waals surface area contributed by atoms with Crippen LogP contribution < -0.4 is 0 Å². The number of hydrogen-bond acceptors (Lipinski definition) is 5. The van der Waals surface area contributed by atoms with Crippen molar-refractivity contribution in [3.05, 3.63) is 54.1 Å². The van der Waals surface area contributed by atoms with E-state index < -0.39 is 5.60 Å². The van der Waals surface area contributed by atoms with Gasteiger partial charge in [0.1, 0.15) is 0 Å². The topological polar surface area (TPSA) is 98.8 Å². The molecular weight excluding hydrogens is 384 g/mol. The number of fused-ring (bicyclic) bond motifs is 1. The first-order valence-electron chi connectivity index (χ1n) is 9.97. The molecule has 5 rings (SSSR count). The van der Waals surface area contributed by atoms with Gasteiger partial charge < -0.3 is 19.6 Å². The Morgan fingerprint density at radius 2 is 1.63 bits per heavy atom. The number of nitrogens with one attached hydrogen (secondary N) is 1. The molecule has 8 heteroatoms. The molecule has 0 radical (unpaired) electrons. The van der Waals surface area contributed by atoms with Gasteiger partial charge >= 0.3 is 0 Å². The van der Waals surface area contributed by atoms with Crippen LogP contribution in [0.4, 0.5) is 0 Å². The molecule has 0 unspecified atom stereocenters. The highest BCUT2D eigenvalue weighted by Crippen LogP contribution is 2.26. The summed E-state index contributed by atoms with van der Waals surface area (Å²) in [5, 5.41) is 18.6. The first-order valence-corrected chi connectivity index (χ1v) is 9.97. The quantitative estimate of drug-likeness (QED) is 0.683. The molecule has 1 aromatic heterocycles. The number of benzene rings is 2. The Bertz CT molecular complexity index is 1100. The van der Waals surface area contributed by atoms with Crippen LogP contribution in [-0.2, 0) is 9.53 Å². The maximum atomic E-state index is 12.9. The first kappa shape index (κ1) is 18.8. The van der Waals surface area contributed by atoms with Crippen molar-refractivity contribution in [3.63, 3.8) is 0 Å². The second-order valence-corrected chi connectivity index (χ2v) is 7.80. The molecule has 2 aliphatic heterocycles. The summed E-state index contributed by atoms with van der Waals surface area (Å²) < 4.78 is 4.96. The van der Waals surface area contributed by atoms with Gasteiger partial charge in [-0.25, -0.2) is 0 Å². The number of carbonyl (C=O) groups is 2. The number of piperazine rings is 1. The van der Waals surface area contributed by atoms with E-state index in [1.54, 1.807) is 9.80 Å². The van der Waals surface area contributed by atoms with E-state index in [4.69, 9.17) is 4.74 Å². The number of H-pyrrole nitrogens is 1. The molecule has 2 amide bonds. The third-order valence-electron chi connectivity index (χ3n) is 5.81. The maximum Gasteiger partial charge on any atom is 0.259 e. The summed E-state index contributed by atoms with van der Waals surface area (Å²) in [4.78, 5) is 28.6. The van der Waals surface area contributed by atoms with E-state index in [-0.39, 0.29) is 25.0 Å². The minimum absolute atomic E-state index is 0.0443. The Labute approximate surface area is 173 Å². The summed E-state index contributed by atoms with van der Waals surface area (Å²) in [6.45, 7) is 1.78. The fraction of sp³-hybridized carbons (Fsp3) is 0.318. The Kier molecular flexibility index (Phi) is 4.52. The number of amides is 2. The summed E-state index contributed by atoms with van der Waals surface area (Å²) in [6, 6.07) is 15.4. The van der Waals surface area contributed by atoms with Crippen molar-refractivity contribution in [2.24, 2.45) is 0 Å². The van der Waals surface area contributed by atoms with Crippen LogP contribution in [0.3, 0.4) is 0 Å². The summed E-state index contributed by atoms with van der Waals surface area (Å²) in [5.74, 6) is -0.373. The van der Waals surface area contributed by atoms with Gasteiger partial charge in [-0.15, -0.1) is 0 Å². The van der Waals surface area contributed by atoms with E-state index in [1.807, 2.05) is 48.5 Å². The van der Waals surface area contributed by atoms with Gasteiger partial charge in [-0.1, -0.05) is 30.3 Å². The van der Waals surface area contributed by atoms with Crippen molar-refractivity contribution in [3.8, 4) is 11.3 Å². The van der Waals surface area contributed by atoms with Crippen molar-refractivity contribution >= 4 is 22.7 Å². The second kappa shape index (κ2) is 7.23. The second-order valence-electron chi connectivity index (χ2n) is 7.80. The maximum absolute atomic E-state index is 12.9. The lowest BCUT2D eigenvalue weighted by Crippen LogP contribution is -2.64. The standard InChI is InChI=1S/C22H22N4O4/c27-20(25-9-11-26(12-10-25)21(28)22(29)13-30-14-22)16-7-5-15(6-8-16)19-17-3-1-2-4-18(17)23-24-19/h1-8,29H,9-14H2,(H,23,24). The molecule has 2 N–H and O–H groups in total. The van der Waals surface area contributed by atoms with E-state index in [0.29, 0.717) is 31.7 Å². The van der Waals surface area contributed by atoms with E-state index in [0.717, 1.165) is 22.2 Å². The van der Waals surface area contributed by atoms with Crippen molar-refractivity contribution in [1.29, 1.82) is 0 Å². The molecule has 2 saturated heterocycles. The van der Waals surface area contributed by atoms with Crippen LogP contribution in [0.15, 0.2) is 48.5 Å². The van der Waals surface area contributed by atoms with E-state index in [2.05, 4.69) is 10.2 Å². The van der Waals surface area contributed by atoms with Crippen LogP contribution in [-0.4, -0.2) is 81.9 Å². The zero-order valence-corrected chi connectivity index (χ0v) is 16.4. The van der Waals surface area contributed by atoms with Crippen LogP contribution in [0.1, 0.15) is 10.4 Å². The Balaban J connectivity index is 1.25. The van der Waals surface area contributed by atoms with Gasteiger partial charge in [0.15, 0.2) is 5.60 Å². The lowest BCUT2D eigenvalue weighted by Gasteiger charge is -2.42. The number of ether oxygens (including phenoxy) is 1. The van der Waals surface area contributed by atoms with E-state index >= 15 is 0 Å². The van der Waals surface area contributed by atoms with Crippen LogP contribution in [0, 0.1) is 0 Å². The van der Waals surface area contributed by atoms with Gasteiger partial charge in [-0.05, 0) is 18.2 Å². The average Bonchev–Trinajstić information content (AvgIpc) is 3.21. The summed E-state index contributed by atoms with van der Waals surface area (Å²) >= 11 is 0. The predicted molar refractivity (Wildman–Crippen MR) is 110 cm³/mol. The number of para-hydroxylation sites is 1. The van der Waals surface area contributed by atoms with Gasteiger partial charge in [0.05, 0.1) is 24.4 Å². The number of hydrogen-bond donors (Lipinski definition) is 2. The van der Waals surface area contributed by atoms with Gasteiger partial charge in [0.25, 0.3) is 11.8 Å². The predicted octanol–water partition coefficient (Wildman–Crippen LogP) is 1.28. The zero-order valence-electron chi connectivity index (χ0n) is 16.4. The van der Waals surface area contributed by atoms with Gasteiger partial charge in [-0.2, -0.15) is 5.10 Å². The van der Waals surface area contributed by atoms with Gasteiger partial charge in [0, 0.05) is 42.7 Å². The highest BCUT2D eigenvalue weighted by Gasteiger charge is 2.46. The molecule has 0 atom stereocenters. The fourth-order valence-electron chi connectivity index (χ4n) is 3.96. The highest BCUT2D eigenvalue weighted by molar-refractivity contribution is 5.96. The fourth-order valence-corrected chi connectivity index (χ4v) is 3.96. The van der Waals surface area contributed by atoms with E-state index in [9.17, 15) is 14.7 Å². The largest absolute Gasteiger partial charge is 0.376 e. The summed E-state index contributed by atoms with van der Waals surface area (Å²) in [5.41, 5.74) is 1.98. The van der Waals surface area contributed by atoms with Crippen LogP contribution in [0.2, 0.25) is 0 Å². The molecule has 0 saturated carbocycles. The van der Waals surface area contributed by atoms with Crippen LogP contribution >= 0.6 is 0 Å². The lowest BCUT2D eigenvalue weighted by atomic mass is 10.00. The molecule has 3 aromatic rings. The minimum atomic E-state index is -1.39. The molecule has 2 fully saturated rings. The molecule has 2 aliphatic rings. The third kappa shape index (κ3) is 3.14. The molecule has 0 bridgehead atoms. The normalized spacial score (nSPS) is 18.3. The Hall–Kier alpha value is -3.23. The number of aromatic amines is 1. The SMILES string of the molecule is O=C(c1ccc(-c2n[nH]c3ccccc23)cc1)N1CCN(C(=O)C2(O)COC2)CC1. The number of carbonyl (C=O) groups excluding carboxylic acids is 2. The minimum Gasteiger partial charge on any atom is -0.376 e. The molecule has 0 aliphatic carbocycles. The summed E-state index contributed by atoms with van der Waals surface area (Å²) in [6.07, 6.45) is 0. The molecule has 3 heterocycles. The molecule has 154 valence electrons. The molecule has 30 heavy (non-hydrogen) atoms. The molecule has 8 nitrogen and oxygen atoms in total. The zero-order chi connectivity index (χ0) is 20.7. The van der Waals surface area contributed by atoms with Crippen LogP contribution in [0.25, 0.3) is 22.2 Å². The lowest BCUT2D eigenvalue weighted by molar-refractivity contribution is -0.201. The van der Waals surface area contributed by atoms with Crippen LogP contribution in [0.5, 0.6) is 0 Å². The molecule has 2 aromatic carbocycles. The van der Waals surface area contributed by atoms with Crippen molar-refractivity contribution < 1.29 is 19.4 Å². The summed E-state index contributed by atoms with van der Waals surface area (Å²) in [7, 11) is 0. The van der Waals surface area contributed by atoms with Crippen molar-refractivity contribution in [2.75, 3.05) is 39.4 Å². The number of aliphatic hydroxyl groups is 1. The van der Waals surface area contributed by atoms with Crippen molar-refractivity contribution in [1.82, 2.24) is 20.0 Å². The smallest absolute Gasteiger partial charge is 0.259 e. The average molecular weight is 406 g/mol. The third-order valence-corrected chi connectivity index (χ3v) is 5.81. The monoisotopic (exact) mass is 406 g/mol. The molecule has 0 spiro atoms. The van der Waals surface area contributed by atoms with Gasteiger partial charge in [0.2, 0.25) is 0 Å². The number of nitrogens with zero attached hydrogens (tertiary/aromatic N) is 3. The van der Waals surface area contributed by atoms with Crippen molar-refractivity contribution in [2.45, 2.75) is 5.60 Å². The molecular formula is C22H22N4O4. The van der Waals surface area contributed by atoms with E-state index in [1.165, 1.54) is 0 Å². The Morgan fingerprint density at radius 1 is 0.967 bits per heavy atom. The Morgan fingerprint density at radius 3 is 2.30 bits per heavy atom. The number of aromatic nitrogens is 2. The number of rotatable bonds is 3. The highest BCUT2D eigenvalue weighted by atomic mass is 16.5.